The lowest BCUT2D eigenvalue weighted by Crippen LogP contribution is -2.46. The van der Waals surface area contributed by atoms with Gasteiger partial charge in [-0.2, -0.15) is 5.10 Å². The van der Waals surface area contributed by atoms with Crippen LogP contribution in [0.15, 0.2) is 45.3 Å². The number of aromatic amines is 1. The first-order chi connectivity index (χ1) is 14.3. The predicted octanol–water partition coefficient (Wildman–Crippen LogP) is -2.87. The molecule has 0 spiro atoms. The first kappa shape index (κ1) is 20.5. The molecule has 12 nitrogen and oxygen atoms in total. The van der Waals surface area contributed by atoms with E-state index in [9.17, 15) is 24.3 Å². The van der Waals surface area contributed by atoms with Gasteiger partial charge in [0, 0.05) is 19.7 Å². The van der Waals surface area contributed by atoms with Crippen molar-refractivity contribution in [2.24, 2.45) is 19.2 Å². The van der Waals surface area contributed by atoms with Crippen molar-refractivity contribution in [1.29, 1.82) is 0 Å². The summed E-state index contributed by atoms with van der Waals surface area (Å²) in [5, 5.41) is 14.4. The molecule has 0 bridgehead atoms. The average molecular weight is 414 g/mol. The van der Waals surface area contributed by atoms with Crippen LogP contribution in [0.3, 0.4) is 0 Å². The van der Waals surface area contributed by atoms with E-state index in [1.165, 1.54) is 35.8 Å². The van der Waals surface area contributed by atoms with Gasteiger partial charge in [0.15, 0.2) is 6.54 Å². The number of hydrogen-bond acceptors (Lipinski definition) is 7. The first-order valence-electron chi connectivity index (χ1n) is 8.69. The van der Waals surface area contributed by atoms with Crippen LogP contribution in [0, 0.1) is 0 Å². The second-order valence-electron chi connectivity index (χ2n) is 6.30. The molecule has 0 atom stereocenters. The van der Waals surface area contributed by atoms with Gasteiger partial charge in [-0.1, -0.05) is 12.1 Å². The second kappa shape index (κ2) is 8.43. The maximum absolute atomic E-state index is 12.4. The molecule has 0 saturated carbocycles. The number of carbonyl (C=O) groups excluding carboxylic acids is 2. The highest BCUT2D eigenvalue weighted by molar-refractivity contribution is 5.85. The molecular weight excluding hydrogens is 396 g/mol. The highest BCUT2D eigenvalue weighted by Crippen LogP contribution is 2.15. The SMILES string of the molecule is Cn1c(=O)c2c([nH]c[n+]2CC(=O)N/N=C/c2ccccc2OCC(=O)[O-])n(C)c1=O. The number of hydrogen-bond donors (Lipinski definition) is 2. The highest BCUT2D eigenvalue weighted by atomic mass is 16.5. The Kier molecular flexibility index (Phi) is 5.76. The smallest absolute Gasteiger partial charge is 0.333 e. The van der Waals surface area contributed by atoms with Crippen LogP contribution in [0.2, 0.25) is 0 Å². The number of nitrogens with one attached hydrogen (secondary N) is 2. The lowest BCUT2D eigenvalue weighted by Gasteiger charge is -2.08. The molecule has 1 aromatic carbocycles. The van der Waals surface area contributed by atoms with Crippen LogP contribution in [0.5, 0.6) is 5.75 Å². The van der Waals surface area contributed by atoms with Crippen molar-refractivity contribution < 1.29 is 24.0 Å². The Morgan fingerprint density at radius 2 is 2.00 bits per heavy atom. The highest BCUT2D eigenvalue weighted by Gasteiger charge is 2.21. The number of amides is 1. The quantitative estimate of drug-likeness (QED) is 0.241. The molecule has 12 heteroatoms. The molecule has 0 aliphatic heterocycles. The number of carboxylic acid groups (broad SMARTS) is 1. The van der Waals surface area contributed by atoms with Gasteiger partial charge in [-0.05, 0) is 12.1 Å². The third-order valence-electron chi connectivity index (χ3n) is 4.26. The van der Waals surface area contributed by atoms with Gasteiger partial charge in [0.1, 0.15) is 12.4 Å². The maximum atomic E-state index is 12.4. The van der Waals surface area contributed by atoms with E-state index >= 15 is 0 Å². The maximum Gasteiger partial charge on any atom is 0.333 e. The van der Waals surface area contributed by atoms with E-state index in [0.29, 0.717) is 11.2 Å². The van der Waals surface area contributed by atoms with Gasteiger partial charge in [-0.15, -0.1) is 0 Å². The molecule has 156 valence electrons. The number of imidazole rings is 1. The van der Waals surface area contributed by atoms with E-state index in [-0.39, 0.29) is 17.8 Å². The average Bonchev–Trinajstić information content (AvgIpc) is 3.13. The molecule has 0 fully saturated rings. The van der Waals surface area contributed by atoms with Gasteiger partial charge in [-0.25, -0.2) is 19.8 Å². The number of fused-ring (bicyclic) bond motifs is 1. The fourth-order valence-electron chi connectivity index (χ4n) is 2.80. The number of aliphatic carboxylic acids is 1. The van der Waals surface area contributed by atoms with Crippen molar-refractivity contribution in [2.75, 3.05) is 6.61 Å². The molecule has 1 amide bonds. The number of benzene rings is 1. The van der Waals surface area contributed by atoms with Gasteiger partial charge in [0.2, 0.25) is 6.33 Å². The van der Waals surface area contributed by atoms with Crippen molar-refractivity contribution in [1.82, 2.24) is 19.5 Å². The second-order valence-corrected chi connectivity index (χ2v) is 6.30. The van der Waals surface area contributed by atoms with Crippen LogP contribution in [-0.4, -0.2) is 38.8 Å². The van der Waals surface area contributed by atoms with Crippen LogP contribution >= 0.6 is 0 Å². The van der Waals surface area contributed by atoms with Crippen molar-refractivity contribution in [2.45, 2.75) is 6.54 Å². The molecule has 0 radical (unpaired) electrons. The summed E-state index contributed by atoms with van der Waals surface area (Å²) in [6, 6.07) is 6.52. The Morgan fingerprint density at radius 1 is 1.27 bits per heavy atom. The Hall–Kier alpha value is -4.22. The number of hydrazone groups is 1. The van der Waals surface area contributed by atoms with Crippen molar-refractivity contribution in [3.8, 4) is 5.75 Å². The van der Waals surface area contributed by atoms with Gasteiger partial charge in [-0.3, -0.25) is 18.7 Å². The molecule has 0 unspecified atom stereocenters. The number of aryl methyl sites for hydroxylation is 1. The summed E-state index contributed by atoms with van der Waals surface area (Å²) in [4.78, 5) is 50.0. The third kappa shape index (κ3) is 4.11. The Balaban J connectivity index is 1.74. The third-order valence-corrected chi connectivity index (χ3v) is 4.26. The number of nitrogens with zero attached hydrogens (tertiary/aromatic N) is 4. The molecule has 30 heavy (non-hydrogen) atoms. The lowest BCUT2D eigenvalue weighted by molar-refractivity contribution is -0.659. The normalized spacial score (nSPS) is 11.1. The molecule has 2 N–H and O–H groups in total. The van der Waals surface area contributed by atoms with Crippen molar-refractivity contribution >= 4 is 29.3 Å². The largest absolute Gasteiger partial charge is 0.546 e. The number of aromatic nitrogens is 4. The number of rotatable bonds is 7. The Bertz CT molecular complexity index is 1270. The van der Waals surface area contributed by atoms with Gasteiger partial charge >= 0.3 is 11.2 Å². The summed E-state index contributed by atoms with van der Waals surface area (Å²) < 4.78 is 8.69. The van der Waals surface area contributed by atoms with Crippen LogP contribution in [0.25, 0.3) is 11.2 Å². The molecule has 0 saturated heterocycles. The van der Waals surface area contributed by atoms with Crippen LogP contribution in [-0.2, 0) is 30.2 Å². The Labute approximate surface area is 168 Å². The van der Waals surface area contributed by atoms with Crippen LogP contribution in [0.1, 0.15) is 5.56 Å². The van der Waals surface area contributed by atoms with Gasteiger partial charge in [0.25, 0.3) is 17.1 Å². The fraction of sp³-hybridized carbons (Fsp3) is 0.222. The number of carboxylic acids is 1. The van der Waals surface area contributed by atoms with E-state index in [4.69, 9.17) is 4.74 Å². The molecule has 3 rings (SSSR count). The number of carbonyl (C=O) groups is 2. The monoisotopic (exact) mass is 414 g/mol. The molecule has 2 aromatic heterocycles. The minimum absolute atomic E-state index is 0.166. The zero-order valence-electron chi connectivity index (χ0n) is 16.1. The van der Waals surface area contributed by atoms with E-state index in [1.807, 2.05) is 0 Å². The van der Waals surface area contributed by atoms with E-state index in [2.05, 4.69) is 15.5 Å². The fourth-order valence-corrected chi connectivity index (χ4v) is 2.80. The number of para-hydroxylation sites is 1. The Morgan fingerprint density at radius 3 is 2.73 bits per heavy atom. The van der Waals surface area contributed by atoms with Crippen molar-refractivity contribution in [3.63, 3.8) is 0 Å². The predicted molar refractivity (Wildman–Crippen MR) is 102 cm³/mol. The lowest BCUT2D eigenvalue weighted by atomic mass is 10.2. The van der Waals surface area contributed by atoms with Crippen LogP contribution < -0.4 is 31.1 Å². The minimum Gasteiger partial charge on any atom is -0.546 e. The van der Waals surface area contributed by atoms with Gasteiger partial charge < -0.3 is 14.6 Å². The summed E-state index contributed by atoms with van der Waals surface area (Å²) >= 11 is 0. The molecule has 0 aliphatic carbocycles. The van der Waals surface area contributed by atoms with Crippen molar-refractivity contribution in [3.05, 3.63) is 57.0 Å². The first-order valence-corrected chi connectivity index (χ1v) is 8.69. The topological polar surface area (TPSA) is 154 Å². The molecule has 3 aromatic rings. The zero-order valence-corrected chi connectivity index (χ0v) is 16.1. The van der Waals surface area contributed by atoms with E-state index in [1.54, 1.807) is 24.3 Å². The zero-order chi connectivity index (χ0) is 21.8. The van der Waals surface area contributed by atoms with Crippen LogP contribution in [0.4, 0.5) is 0 Å². The van der Waals surface area contributed by atoms with E-state index in [0.717, 1.165) is 4.57 Å². The summed E-state index contributed by atoms with van der Waals surface area (Å²) in [5.74, 6) is -1.63. The molecule has 0 aliphatic rings. The number of H-pyrrole nitrogens is 1. The summed E-state index contributed by atoms with van der Waals surface area (Å²) in [5.41, 5.74) is 2.20. The minimum atomic E-state index is -1.37. The summed E-state index contributed by atoms with van der Waals surface area (Å²) in [6.07, 6.45) is 2.71. The van der Waals surface area contributed by atoms with E-state index < -0.39 is 29.7 Å². The number of ether oxygens (including phenoxy) is 1. The molecular formula is C18H18N6O6. The summed E-state index contributed by atoms with van der Waals surface area (Å²) in [7, 11) is 2.86. The molecule has 2 heterocycles. The summed E-state index contributed by atoms with van der Waals surface area (Å²) in [6.45, 7) is -0.848. The van der Waals surface area contributed by atoms with Gasteiger partial charge in [0.05, 0.1) is 12.2 Å². The standard InChI is InChI=1S/C18H18N6O6/c1-22-16-15(17(28)23(2)18(22)29)24(10-19-16)8-13(25)21-20-7-11-5-3-4-6-12(11)30-9-14(26)27/h3-7,10H,8-9H2,1-2H3,(H2,21,25,26,27)/b20-7+.